The van der Waals surface area contributed by atoms with Crippen molar-refractivity contribution >= 4 is 11.6 Å². The second kappa shape index (κ2) is 6.19. The van der Waals surface area contributed by atoms with E-state index in [0.29, 0.717) is 11.6 Å². The molecule has 0 aliphatic rings. The molecule has 1 heterocycles. The molecule has 0 radical (unpaired) electrons. The van der Waals surface area contributed by atoms with Gasteiger partial charge in [-0.15, -0.1) is 0 Å². The number of hydrogen-bond donors (Lipinski definition) is 2. The lowest BCUT2D eigenvalue weighted by atomic mass is 10.2. The van der Waals surface area contributed by atoms with E-state index in [9.17, 15) is 0 Å². The van der Waals surface area contributed by atoms with E-state index < -0.39 is 0 Å². The molecule has 0 bridgehead atoms. The summed E-state index contributed by atoms with van der Waals surface area (Å²) in [6, 6.07) is 0. The molecule has 0 fully saturated rings. The maximum Gasteiger partial charge on any atom is 0.225 e. The molecule has 0 saturated heterocycles. The third kappa shape index (κ3) is 4.12. The topological polar surface area (TPSA) is 75.3 Å². The molecule has 5 nitrogen and oxygen atoms in total. The van der Waals surface area contributed by atoms with Gasteiger partial charge in [0.25, 0.3) is 0 Å². The first-order valence-electron chi connectivity index (χ1n) is 5.13. The Balaban J connectivity index is 2.33. The molecule has 0 spiro atoms. The predicted molar refractivity (Wildman–Crippen MR) is 60.7 cm³/mol. The molecule has 1 aromatic heterocycles. The summed E-state index contributed by atoms with van der Waals surface area (Å²) < 4.78 is 0. The highest BCUT2D eigenvalue weighted by molar-refractivity contribution is 5.37. The van der Waals surface area contributed by atoms with Crippen molar-refractivity contribution in [3.8, 4) is 0 Å². The molecule has 5 heteroatoms. The van der Waals surface area contributed by atoms with Crippen molar-refractivity contribution in [3.63, 3.8) is 0 Å². The zero-order valence-corrected chi connectivity index (χ0v) is 9.06. The van der Waals surface area contributed by atoms with Gasteiger partial charge in [-0.1, -0.05) is 0 Å². The van der Waals surface area contributed by atoms with E-state index >= 15 is 0 Å². The predicted octanol–water partition coefficient (Wildman–Crippen LogP) is 0.658. The normalized spacial score (nSPS) is 10.3. The third-order valence-corrected chi connectivity index (χ3v) is 2.15. The van der Waals surface area contributed by atoms with Gasteiger partial charge >= 0.3 is 0 Å². The molecule has 84 valence electrons. The van der Waals surface area contributed by atoms with Crippen LogP contribution in [-0.4, -0.2) is 35.3 Å². The third-order valence-electron chi connectivity index (χ3n) is 2.15. The number of aliphatic hydroxyl groups excluding tert-OH is 1. The van der Waals surface area contributed by atoms with E-state index in [1.165, 1.54) is 0 Å². The van der Waals surface area contributed by atoms with E-state index in [0.717, 1.165) is 25.8 Å². The van der Waals surface area contributed by atoms with Crippen LogP contribution in [0.15, 0.2) is 12.4 Å². The molecule has 1 rings (SSSR count). The summed E-state index contributed by atoms with van der Waals surface area (Å²) in [5, 5.41) is 8.63. The first-order chi connectivity index (χ1) is 7.24. The van der Waals surface area contributed by atoms with Crippen LogP contribution in [-0.2, 0) is 0 Å². The molecule has 0 saturated carbocycles. The van der Waals surface area contributed by atoms with Crippen molar-refractivity contribution in [2.24, 2.45) is 0 Å². The van der Waals surface area contributed by atoms with Crippen molar-refractivity contribution in [2.45, 2.75) is 19.3 Å². The number of nitrogen functional groups attached to an aromatic ring is 1. The van der Waals surface area contributed by atoms with E-state index in [-0.39, 0.29) is 6.61 Å². The number of hydrogen-bond acceptors (Lipinski definition) is 5. The minimum absolute atomic E-state index is 0.266. The van der Waals surface area contributed by atoms with Gasteiger partial charge in [-0.05, 0) is 19.3 Å². The first-order valence-corrected chi connectivity index (χ1v) is 5.13. The molecule has 15 heavy (non-hydrogen) atoms. The van der Waals surface area contributed by atoms with Crippen molar-refractivity contribution in [2.75, 3.05) is 30.8 Å². The van der Waals surface area contributed by atoms with Crippen LogP contribution in [0.4, 0.5) is 11.6 Å². The standard InChI is InChI=1S/C10H18N4O/c1-14(5-3-2-4-6-15)10-12-7-9(11)8-13-10/h7-8,15H,2-6,11H2,1H3. The van der Waals surface area contributed by atoms with E-state index in [4.69, 9.17) is 10.8 Å². The van der Waals surface area contributed by atoms with Gasteiger partial charge in [0.05, 0.1) is 18.1 Å². The van der Waals surface area contributed by atoms with Crippen LogP contribution in [0.1, 0.15) is 19.3 Å². The van der Waals surface area contributed by atoms with Crippen molar-refractivity contribution in [1.82, 2.24) is 9.97 Å². The van der Waals surface area contributed by atoms with E-state index in [1.807, 2.05) is 11.9 Å². The van der Waals surface area contributed by atoms with E-state index in [1.54, 1.807) is 12.4 Å². The minimum atomic E-state index is 0.266. The van der Waals surface area contributed by atoms with Crippen LogP contribution in [0.5, 0.6) is 0 Å². The SMILES string of the molecule is CN(CCCCCO)c1ncc(N)cn1. The fraction of sp³-hybridized carbons (Fsp3) is 0.600. The Kier molecular flexibility index (Phi) is 4.83. The molecular weight excluding hydrogens is 192 g/mol. The van der Waals surface area contributed by atoms with Gasteiger partial charge in [0.2, 0.25) is 5.95 Å². The maximum atomic E-state index is 8.63. The smallest absolute Gasteiger partial charge is 0.225 e. The number of rotatable bonds is 6. The number of nitrogens with two attached hydrogens (primary N) is 1. The molecular formula is C10H18N4O. The summed E-state index contributed by atoms with van der Waals surface area (Å²) in [4.78, 5) is 10.2. The van der Waals surface area contributed by atoms with Crippen LogP contribution in [0.25, 0.3) is 0 Å². The number of anilines is 2. The summed E-state index contributed by atoms with van der Waals surface area (Å²) in [5.41, 5.74) is 6.07. The number of aliphatic hydroxyl groups is 1. The van der Waals surface area contributed by atoms with Gasteiger partial charge in [-0.2, -0.15) is 0 Å². The van der Waals surface area contributed by atoms with Crippen molar-refractivity contribution in [3.05, 3.63) is 12.4 Å². The highest BCUT2D eigenvalue weighted by Crippen LogP contribution is 2.07. The van der Waals surface area contributed by atoms with Gasteiger partial charge in [0.15, 0.2) is 0 Å². The quantitative estimate of drug-likeness (QED) is 0.674. The molecule has 0 amide bonds. The lowest BCUT2D eigenvalue weighted by molar-refractivity contribution is 0.283. The Hall–Kier alpha value is -1.36. The Labute approximate surface area is 90.0 Å². The van der Waals surface area contributed by atoms with Gasteiger partial charge in [0, 0.05) is 20.2 Å². The lowest BCUT2D eigenvalue weighted by Crippen LogP contribution is -2.21. The Morgan fingerprint density at radius 2 is 1.93 bits per heavy atom. The zero-order valence-electron chi connectivity index (χ0n) is 9.06. The average Bonchev–Trinajstić information content (AvgIpc) is 2.25. The molecule has 0 aliphatic heterocycles. The maximum absolute atomic E-state index is 8.63. The molecule has 0 atom stereocenters. The number of nitrogens with zero attached hydrogens (tertiary/aromatic N) is 3. The van der Waals surface area contributed by atoms with Gasteiger partial charge < -0.3 is 15.7 Å². The Morgan fingerprint density at radius 1 is 1.27 bits per heavy atom. The fourth-order valence-electron chi connectivity index (χ4n) is 1.27. The molecule has 1 aromatic rings. The summed E-state index contributed by atoms with van der Waals surface area (Å²) in [6.45, 7) is 1.16. The summed E-state index contributed by atoms with van der Waals surface area (Å²) in [7, 11) is 1.95. The summed E-state index contributed by atoms with van der Waals surface area (Å²) in [6.07, 6.45) is 6.12. The largest absolute Gasteiger partial charge is 0.396 e. The second-order valence-corrected chi connectivity index (χ2v) is 3.52. The van der Waals surface area contributed by atoms with E-state index in [2.05, 4.69) is 9.97 Å². The van der Waals surface area contributed by atoms with Crippen LogP contribution >= 0.6 is 0 Å². The monoisotopic (exact) mass is 210 g/mol. The van der Waals surface area contributed by atoms with Crippen molar-refractivity contribution < 1.29 is 5.11 Å². The zero-order chi connectivity index (χ0) is 11.1. The number of unbranched alkanes of at least 4 members (excludes halogenated alkanes) is 2. The highest BCUT2D eigenvalue weighted by atomic mass is 16.2. The van der Waals surface area contributed by atoms with Crippen LogP contribution in [0.2, 0.25) is 0 Å². The Morgan fingerprint density at radius 3 is 2.53 bits per heavy atom. The molecule has 0 aliphatic carbocycles. The Bertz CT molecular complexity index is 275. The molecule has 0 unspecified atom stereocenters. The average molecular weight is 210 g/mol. The molecule has 3 N–H and O–H groups in total. The first kappa shape index (κ1) is 11.7. The van der Waals surface area contributed by atoms with Crippen LogP contribution < -0.4 is 10.6 Å². The van der Waals surface area contributed by atoms with Crippen molar-refractivity contribution in [1.29, 1.82) is 0 Å². The summed E-state index contributed by atoms with van der Waals surface area (Å²) in [5.74, 6) is 0.688. The summed E-state index contributed by atoms with van der Waals surface area (Å²) >= 11 is 0. The van der Waals surface area contributed by atoms with Crippen LogP contribution in [0.3, 0.4) is 0 Å². The minimum Gasteiger partial charge on any atom is -0.396 e. The number of aromatic nitrogens is 2. The van der Waals surface area contributed by atoms with Crippen LogP contribution in [0, 0.1) is 0 Å². The lowest BCUT2D eigenvalue weighted by Gasteiger charge is -2.16. The highest BCUT2D eigenvalue weighted by Gasteiger charge is 2.02. The second-order valence-electron chi connectivity index (χ2n) is 3.52. The van der Waals surface area contributed by atoms with Gasteiger partial charge in [-0.25, -0.2) is 9.97 Å². The molecule has 0 aromatic carbocycles. The fourth-order valence-corrected chi connectivity index (χ4v) is 1.27. The van der Waals surface area contributed by atoms with Gasteiger partial charge in [-0.3, -0.25) is 0 Å². The van der Waals surface area contributed by atoms with Gasteiger partial charge in [0.1, 0.15) is 0 Å².